The first-order valence-corrected chi connectivity index (χ1v) is 10.2. The van der Waals surface area contributed by atoms with Gasteiger partial charge < -0.3 is 4.90 Å². The van der Waals surface area contributed by atoms with Gasteiger partial charge in [-0.05, 0) is 36.2 Å². The van der Waals surface area contributed by atoms with Crippen molar-refractivity contribution in [3.8, 4) is 0 Å². The first kappa shape index (κ1) is 18.4. The summed E-state index contributed by atoms with van der Waals surface area (Å²) >= 11 is 0. The molecule has 150 valence electrons. The van der Waals surface area contributed by atoms with Crippen molar-refractivity contribution in [1.29, 1.82) is 0 Å². The Balaban J connectivity index is 1.49. The van der Waals surface area contributed by atoms with Crippen molar-refractivity contribution in [2.24, 2.45) is 0 Å². The predicted octanol–water partition coefficient (Wildman–Crippen LogP) is 3.33. The first-order chi connectivity index (χ1) is 14.7. The first-order valence-electron chi connectivity index (χ1n) is 10.2. The summed E-state index contributed by atoms with van der Waals surface area (Å²) < 4.78 is 3.55. The molecule has 0 aliphatic carbocycles. The maximum Gasteiger partial charge on any atom is 0.330 e. The molecule has 30 heavy (non-hydrogen) atoms. The Kier molecular flexibility index (Phi) is 4.67. The van der Waals surface area contributed by atoms with E-state index >= 15 is 0 Å². The summed E-state index contributed by atoms with van der Waals surface area (Å²) in [7, 11) is 0. The molecule has 1 fully saturated rings. The molecule has 6 nitrogen and oxygen atoms in total. The standard InChI is InChI=1S/C24H22N4O2/c29-23(19-10-5-2-6-11-19)26-15-13-20(17-26)28-22-21(12-7-14-25-22)27(24(28)30)16-18-8-3-1-4-9-18/h1-12,14,20H,13,15-17H2/t20-/m1/s1. The van der Waals surface area contributed by atoms with E-state index in [1.54, 1.807) is 15.3 Å². The molecule has 1 saturated heterocycles. The minimum absolute atomic E-state index is 0.00660. The van der Waals surface area contributed by atoms with Gasteiger partial charge in [-0.1, -0.05) is 48.5 Å². The number of aromatic nitrogens is 3. The molecule has 0 N–H and O–H groups in total. The van der Waals surface area contributed by atoms with Crippen LogP contribution in [0.4, 0.5) is 0 Å². The van der Waals surface area contributed by atoms with Gasteiger partial charge in [0.25, 0.3) is 5.91 Å². The monoisotopic (exact) mass is 398 g/mol. The lowest BCUT2D eigenvalue weighted by Gasteiger charge is -2.17. The Hall–Kier alpha value is -3.67. The van der Waals surface area contributed by atoms with E-state index in [2.05, 4.69) is 4.98 Å². The largest absolute Gasteiger partial charge is 0.336 e. The number of imidazole rings is 1. The van der Waals surface area contributed by atoms with E-state index < -0.39 is 0 Å². The normalized spacial score (nSPS) is 16.3. The summed E-state index contributed by atoms with van der Waals surface area (Å²) in [6, 6.07) is 22.9. The van der Waals surface area contributed by atoms with E-state index in [1.165, 1.54) is 0 Å². The maximum absolute atomic E-state index is 13.4. The number of carbonyl (C=O) groups is 1. The summed E-state index contributed by atoms with van der Waals surface area (Å²) in [5.74, 6) is 0.00660. The number of likely N-dealkylation sites (tertiary alicyclic amines) is 1. The fraction of sp³-hybridized carbons (Fsp3) is 0.208. The molecule has 4 aromatic rings. The second-order valence-electron chi connectivity index (χ2n) is 7.63. The summed E-state index contributed by atoms with van der Waals surface area (Å²) in [5, 5.41) is 0. The van der Waals surface area contributed by atoms with Gasteiger partial charge in [0, 0.05) is 24.8 Å². The topological polar surface area (TPSA) is 60.1 Å². The number of carbonyl (C=O) groups excluding carboxylic acids is 1. The van der Waals surface area contributed by atoms with Crippen molar-refractivity contribution in [3.63, 3.8) is 0 Å². The molecule has 0 spiro atoms. The Bertz CT molecular complexity index is 1240. The predicted molar refractivity (Wildman–Crippen MR) is 116 cm³/mol. The third kappa shape index (κ3) is 3.20. The van der Waals surface area contributed by atoms with E-state index in [9.17, 15) is 9.59 Å². The van der Waals surface area contributed by atoms with E-state index in [0.29, 0.717) is 30.8 Å². The molecule has 2 aromatic heterocycles. The molecular weight excluding hydrogens is 376 g/mol. The number of hydrogen-bond acceptors (Lipinski definition) is 3. The van der Waals surface area contributed by atoms with Gasteiger partial charge in [0.15, 0.2) is 5.65 Å². The Morgan fingerprint density at radius 2 is 1.70 bits per heavy atom. The molecule has 1 amide bonds. The van der Waals surface area contributed by atoms with Crippen LogP contribution in [0.3, 0.4) is 0 Å². The molecule has 0 unspecified atom stereocenters. The van der Waals surface area contributed by atoms with Crippen LogP contribution < -0.4 is 5.69 Å². The average molecular weight is 398 g/mol. The van der Waals surface area contributed by atoms with Crippen LogP contribution in [0, 0.1) is 0 Å². The van der Waals surface area contributed by atoms with Crippen LogP contribution in [0.5, 0.6) is 0 Å². The molecule has 0 bridgehead atoms. The molecule has 0 saturated carbocycles. The molecular formula is C24H22N4O2. The van der Waals surface area contributed by atoms with Crippen molar-refractivity contribution in [1.82, 2.24) is 19.0 Å². The van der Waals surface area contributed by atoms with Crippen LogP contribution in [-0.4, -0.2) is 38.0 Å². The van der Waals surface area contributed by atoms with E-state index in [4.69, 9.17) is 0 Å². The lowest BCUT2D eigenvalue weighted by Crippen LogP contribution is -2.32. The number of benzene rings is 2. The number of pyridine rings is 1. The molecule has 3 heterocycles. The van der Waals surface area contributed by atoms with Gasteiger partial charge in [-0.2, -0.15) is 0 Å². The Labute approximate surface area is 174 Å². The third-order valence-corrected chi connectivity index (χ3v) is 5.74. The fourth-order valence-corrected chi connectivity index (χ4v) is 4.26. The maximum atomic E-state index is 13.4. The average Bonchev–Trinajstić information content (AvgIpc) is 3.38. The molecule has 5 rings (SSSR count). The number of nitrogens with zero attached hydrogens (tertiary/aromatic N) is 4. The number of hydrogen-bond donors (Lipinski definition) is 0. The zero-order valence-electron chi connectivity index (χ0n) is 16.5. The zero-order chi connectivity index (χ0) is 20.5. The van der Waals surface area contributed by atoms with Crippen molar-refractivity contribution in [3.05, 3.63) is 101 Å². The van der Waals surface area contributed by atoms with Crippen LogP contribution >= 0.6 is 0 Å². The van der Waals surface area contributed by atoms with E-state index in [-0.39, 0.29) is 17.6 Å². The highest BCUT2D eigenvalue weighted by Gasteiger charge is 2.31. The van der Waals surface area contributed by atoms with Crippen molar-refractivity contribution in [2.45, 2.75) is 19.0 Å². The smallest absolute Gasteiger partial charge is 0.330 e. The quantitative estimate of drug-likeness (QED) is 0.530. The highest BCUT2D eigenvalue weighted by Crippen LogP contribution is 2.25. The van der Waals surface area contributed by atoms with Gasteiger partial charge in [-0.25, -0.2) is 9.78 Å². The second kappa shape index (κ2) is 7.63. The van der Waals surface area contributed by atoms with Gasteiger partial charge in [0.2, 0.25) is 0 Å². The molecule has 0 radical (unpaired) electrons. The number of amides is 1. The summed E-state index contributed by atoms with van der Waals surface area (Å²) in [6.07, 6.45) is 2.45. The molecule has 1 aliphatic rings. The lowest BCUT2D eigenvalue weighted by atomic mass is 10.2. The van der Waals surface area contributed by atoms with Gasteiger partial charge >= 0.3 is 5.69 Å². The molecule has 1 aliphatic heterocycles. The lowest BCUT2D eigenvalue weighted by molar-refractivity contribution is 0.0787. The number of fused-ring (bicyclic) bond motifs is 1. The fourth-order valence-electron chi connectivity index (χ4n) is 4.26. The van der Waals surface area contributed by atoms with Gasteiger partial charge in [0.1, 0.15) is 0 Å². The highest BCUT2D eigenvalue weighted by atomic mass is 16.2. The van der Waals surface area contributed by atoms with Crippen LogP contribution in [0.1, 0.15) is 28.4 Å². The van der Waals surface area contributed by atoms with E-state index in [1.807, 2.05) is 77.7 Å². The highest BCUT2D eigenvalue weighted by molar-refractivity contribution is 5.94. The third-order valence-electron chi connectivity index (χ3n) is 5.74. The zero-order valence-corrected chi connectivity index (χ0v) is 16.5. The summed E-state index contributed by atoms with van der Waals surface area (Å²) in [6.45, 7) is 1.63. The van der Waals surface area contributed by atoms with Crippen molar-refractivity contribution >= 4 is 17.1 Å². The Morgan fingerprint density at radius 3 is 2.47 bits per heavy atom. The van der Waals surface area contributed by atoms with Gasteiger partial charge in [0.05, 0.1) is 18.1 Å². The van der Waals surface area contributed by atoms with Crippen molar-refractivity contribution in [2.75, 3.05) is 13.1 Å². The molecule has 1 atom stereocenters. The molecule has 6 heteroatoms. The summed E-state index contributed by atoms with van der Waals surface area (Å²) in [5.41, 5.74) is 3.16. The summed E-state index contributed by atoms with van der Waals surface area (Å²) in [4.78, 5) is 32.6. The van der Waals surface area contributed by atoms with Crippen molar-refractivity contribution < 1.29 is 4.79 Å². The minimum Gasteiger partial charge on any atom is -0.336 e. The van der Waals surface area contributed by atoms with Gasteiger partial charge in [-0.3, -0.25) is 13.9 Å². The van der Waals surface area contributed by atoms with Gasteiger partial charge in [-0.15, -0.1) is 0 Å². The second-order valence-corrected chi connectivity index (χ2v) is 7.63. The van der Waals surface area contributed by atoms with Crippen LogP contribution in [-0.2, 0) is 6.54 Å². The van der Waals surface area contributed by atoms with E-state index in [0.717, 1.165) is 17.5 Å². The molecule has 2 aromatic carbocycles. The minimum atomic E-state index is -0.0837. The van der Waals surface area contributed by atoms with Crippen LogP contribution in [0.25, 0.3) is 11.2 Å². The SMILES string of the molecule is O=C(c1ccccc1)N1CC[C@@H](n2c(=O)n(Cc3ccccc3)c3cccnc32)C1. The van der Waals surface area contributed by atoms with Crippen LogP contribution in [0.15, 0.2) is 83.8 Å². The Morgan fingerprint density at radius 1 is 0.967 bits per heavy atom. The number of rotatable bonds is 4. The van der Waals surface area contributed by atoms with Crippen LogP contribution in [0.2, 0.25) is 0 Å².